The van der Waals surface area contributed by atoms with Crippen LogP contribution in [0.3, 0.4) is 0 Å². The van der Waals surface area contributed by atoms with Crippen molar-refractivity contribution in [3.8, 4) is 11.8 Å². The van der Waals surface area contributed by atoms with Gasteiger partial charge in [-0.05, 0) is 25.0 Å². The average molecular weight is 237 g/mol. The first-order valence-corrected chi connectivity index (χ1v) is 5.83. The topological polar surface area (TPSA) is 30.0 Å². The molecule has 0 aromatic carbocycles. The molecule has 0 aliphatic carbocycles. The van der Waals surface area contributed by atoms with Gasteiger partial charge < -0.3 is 0 Å². The number of rotatable bonds is 2. The van der Waals surface area contributed by atoms with Crippen molar-refractivity contribution in [2.75, 3.05) is 5.75 Å². The van der Waals surface area contributed by atoms with Crippen LogP contribution in [0.4, 0.5) is 4.39 Å². The highest BCUT2D eigenvalue weighted by molar-refractivity contribution is 8.13. The molecule has 0 N–H and O–H groups in total. The fourth-order valence-electron chi connectivity index (χ4n) is 1.02. The van der Waals surface area contributed by atoms with Crippen LogP contribution in [0.15, 0.2) is 12.1 Å². The summed E-state index contributed by atoms with van der Waals surface area (Å²) in [6.07, 6.45) is 0.555. The molecule has 84 valence electrons. The van der Waals surface area contributed by atoms with E-state index in [1.165, 1.54) is 24.8 Å². The van der Waals surface area contributed by atoms with Gasteiger partial charge in [-0.1, -0.05) is 17.7 Å². The average Bonchev–Trinajstić information content (AvgIpc) is 2.22. The van der Waals surface area contributed by atoms with Crippen molar-refractivity contribution in [3.63, 3.8) is 0 Å². The summed E-state index contributed by atoms with van der Waals surface area (Å²) in [6.45, 7) is 3.30. The van der Waals surface area contributed by atoms with E-state index >= 15 is 0 Å². The van der Waals surface area contributed by atoms with Crippen molar-refractivity contribution < 1.29 is 9.18 Å². The number of thioether (sulfide) groups is 1. The molecule has 0 unspecified atom stereocenters. The molecular formula is C12H12FNOS. The fraction of sp³-hybridized carbons (Fsp3) is 0.333. The first-order valence-electron chi connectivity index (χ1n) is 4.85. The van der Waals surface area contributed by atoms with E-state index in [-0.39, 0.29) is 10.8 Å². The van der Waals surface area contributed by atoms with E-state index in [9.17, 15) is 9.18 Å². The number of hydrogen-bond donors (Lipinski definition) is 0. The molecule has 0 bridgehead atoms. The normalized spacial score (nSPS) is 9.44. The van der Waals surface area contributed by atoms with Gasteiger partial charge in [0, 0.05) is 24.8 Å². The number of nitrogens with zero attached hydrogens (tertiary/aromatic N) is 1. The third-order valence-electron chi connectivity index (χ3n) is 1.72. The van der Waals surface area contributed by atoms with E-state index in [1.807, 2.05) is 0 Å². The zero-order chi connectivity index (χ0) is 12.0. The third-order valence-corrected chi connectivity index (χ3v) is 2.54. The maximum absolute atomic E-state index is 13.2. The second-order valence-electron chi connectivity index (χ2n) is 3.17. The van der Waals surface area contributed by atoms with Crippen molar-refractivity contribution >= 4 is 16.9 Å². The zero-order valence-corrected chi connectivity index (χ0v) is 10.0. The van der Waals surface area contributed by atoms with Gasteiger partial charge >= 0.3 is 0 Å². The van der Waals surface area contributed by atoms with Gasteiger partial charge in [-0.15, -0.1) is 0 Å². The number of carbonyl (C=O) groups excluding carboxylic acids is 1. The molecule has 1 heterocycles. The van der Waals surface area contributed by atoms with Crippen LogP contribution >= 0.6 is 11.8 Å². The van der Waals surface area contributed by atoms with Crippen LogP contribution in [-0.2, 0) is 4.79 Å². The van der Waals surface area contributed by atoms with Crippen molar-refractivity contribution in [3.05, 3.63) is 29.3 Å². The summed E-state index contributed by atoms with van der Waals surface area (Å²) in [6, 6.07) is 2.96. The van der Waals surface area contributed by atoms with Gasteiger partial charge in [0.1, 0.15) is 5.69 Å². The van der Waals surface area contributed by atoms with Crippen molar-refractivity contribution in [2.45, 2.75) is 20.3 Å². The number of pyridine rings is 1. The summed E-state index contributed by atoms with van der Waals surface area (Å²) in [5.41, 5.74) is 0.914. The summed E-state index contributed by atoms with van der Waals surface area (Å²) < 4.78 is 13.2. The summed E-state index contributed by atoms with van der Waals surface area (Å²) in [4.78, 5) is 14.6. The highest BCUT2D eigenvalue weighted by Gasteiger charge is 1.99. The lowest BCUT2D eigenvalue weighted by atomic mass is 10.3. The first-order chi connectivity index (χ1) is 7.59. The molecular weight excluding hydrogens is 225 g/mol. The molecule has 0 saturated carbocycles. The Morgan fingerprint density at radius 3 is 3.00 bits per heavy atom. The maximum atomic E-state index is 13.2. The molecule has 0 atom stereocenters. The van der Waals surface area contributed by atoms with Gasteiger partial charge in [-0.25, -0.2) is 9.37 Å². The standard InChI is InChI=1S/C12H12FNOS/c1-9-6-7-11(13)12(14-9)5-3-4-8-16-10(2)15/h6-7H,4,8H2,1-2H3. The Balaban J connectivity index is 2.56. The van der Waals surface area contributed by atoms with Crippen molar-refractivity contribution in [1.29, 1.82) is 0 Å². The summed E-state index contributed by atoms with van der Waals surface area (Å²) in [7, 11) is 0. The second-order valence-corrected chi connectivity index (χ2v) is 4.45. The highest BCUT2D eigenvalue weighted by Crippen LogP contribution is 2.05. The first kappa shape index (κ1) is 12.7. The molecule has 0 saturated heterocycles. The summed E-state index contributed by atoms with van der Waals surface area (Å²) in [5.74, 6) is 5.70. The minimum atomic E-state index is -0.405. The smallest absolute Gasteiger partial charge is 0.185 e. The minimum absolute atomic E-state index is 0.0710. The largest absolute Gasteiger partial charge is 0.288 e. The summed E-state index contributed by atoms with van der Waals surface area (Å²) in [5, 5.41) is 0.0710. The molecule has 0 radical (unpaired) electrons. The molecule has 0 amide bonds. The lowest BCUT2D eigenvalue weighted by Gasteiger charge is -1.95. The Labute approximate surface area is 98.7 Å². The number of halogens is 1. The second kappa shape index (κ2) is 6.29. The molecule has 0 fully saturated rings. The van der Waals surface area contributed by atoms with Gasteiger partial charge in [-0.3, -0.25) is 4.79 Å². The van der Waals surface area contributed by atoms with E-state index < -0.39 is 5.82 Å². The lowest BCUT2D eigenvalue weighted by molar-refractivity contribution is -0.109. The van der Waals surface area contributed by atoms with Crippen LogP contribution in [0.5, 0.6) is 0 Å². The molecule has 1 rings (SSSR count). The molecule has 0 spiro atoms. The van der Waals surface area contributed by atoms with Gasteiger partial charge in [-0.2, -0.15) is 0 Å². The predicted octanol–water partition coefficient (Wildman–Crippen LogP) is 2.55. The molecule has 16 heavy (non-hydrogen) atoms. The van der Waals surface area contributed by atoms with Crippen molar-refractivity contribution in [2.24, 2.45) is 0 Å². The van der Waals surface area contributed by atoms with Crippen LogP contribution in [-0.4, -0.2) is 15.9 Å². The monoisotopic (exact) mass is 237 g/mol. The SMILES string of the molecule is CC(=O)SCCC#Cc1nc(C)ccc1F. The predicted molar refractivity (Wildman–Crippen MR) is 63.6 cm³/mol. The summed E-state index contributed by atoms with van der Waals surface area (Å²) >= 11 is 1.22. The number of hydrogen-bond acceptors (Lipinski definition) is 3. The van der Waals surface area contributed by atoms with Gasteiger partial charge in [0.2, 0.25) is 0 Å². The molecule has 4 heteroatoms. The fourth-order valence-corrected chi connectivity index (χ4v) is 1.51. The quantitative estimate of drug-likeness (QED) is 0.585. The van der Waals surface area contributed by atoms with Gasteiger partial charge in [0.25, 0.3) is 0 Å². The van der Waals surface area contributed by atoms with Crippen molar-refractivity contribution in [1.82, 2.24) is 4.98 Å². The Morgan fingerprint density at radius 1 is 1.56 bits per heavy atom. The van der Waals surface area contributed by atoms with Crippen LogP contribution < -0.4 is 0 Å². The Bertz CT molecular complexity index is 448. The van der Waals surface area contributed by atoms with E-state index in [4.69, 9.17) is 0 Å². The number of carbonyl (C=O) groups is 1. The number of aryl methyl sites for hydroxylation is 1. The Hall–Kier alpha value is -1.34. The molecule has 1 aromatic rings. The minimum Gasteiger partial charge on any atom is -0.288 e. The lowest BCUT2D eigenvalue weighted by Crippen LogP contribution is -1.91. The van der Waals surface area contributed by atoms with Crippen LogP contribution in [0.2, 0.25) is 0 Å². The number of aromatic nitrogens is 1. The van der Waals surface area contributed by atoms with E-state index in [0.717, 1.165) is 5.69 Å². The molecule has 0 aliphatic rings. The molecule has 0 aliphatic heterocycles. The third kappa shape index (κ3) is 4.45. The van der Waals surface area contributed by atoms with E-state index in [1.54, 1.807) is 13.0 Å². The molecule has 1 aromatic heterocycles. The maximum Gasteiger partial charge on any atom is 0.185 e. The van der Waals surface area contributed by atoms with E-state index in [2.05, 4.69) is 16.8 Å². The van der Waals surface area contributed by atoms with Crippen LogP contribution in [0.25, 0.3) is 0 Å². The van der Waals surface area contributed by atoms with Crippen LogP contribution in [0.1, 0.15) is 24.7 Å². The zero-order valence-electron chi connectivity index (χ0n) is 9.21. The van der Waals surface area contributed by atoms with Crippen LogP contribution in [0, 0.1) is 24.6 Å². The van der Waals surface area contributed by atoms with Gasteiger partial charge in [0.15, 0.2) is 10.9 Å². The van der Waals surface area contributed by atoms with E-state index in [0.29, 0.717) is 12.2 Å². The molecule has 2 nitrogen and oxygen atoms in total. The Kier molecular flexibility index (Phi) is 5.00. The highest BCUT2D eigenvalue weighted by atomic mass is 32.2. The Morgan fingerprint density at radius 2 is 2.31 bits per heavy atom. The van der Waals surface area contributed by atoms with Gasteiger partial charge in [0.05, 0.1) is 0 Å².